The monoisotopic (exact) mass is 265 g/mol. The van der Waals surface area contributed by atoms with Crippen molar-refractivity contribution in [1.29, 1.82) is 0 Å². The minimum Gasteiger partial charge on any atom is -0.369 e. The molecule has 0 atom stereocenters. The van der Waals surface area contributed by atoms with Gasteiger partial charge in [0.15, 0.2) is 0 Å². The largest absolute Gasteiger partial charge is 0.369 e. The van der Waals surface area contributed by atoms with Gasteiger partial charge in [0.05, 0.1) is 0 Å². The van der Waals surface area contributed by atoms with Crippen LogP contribution in [0.1, 0.15) is 12.8 Å². The number of nitrogens with zero attached hydrogens (tertiary/aromatic N) is 2. The Balaban J connectivity index is 1.63. The van der Waals surface area contributed by atoms with Gasteiger partial charge in [-0.15, -0.1) is 0 Å². The Labute approximate surface area is 114 Å². The summed E-state index contributed by atoms with van der Waals surface area (Å²) < 4.78 is 0. The lowest BCUT2D eigenvalue weighted by molar-refractivity contribution is 0.171. The molecule has 0 spiro atoms. The second-order valence-corrected chi connectivity index (χ2v) is 5.82. The van der Waals surface area contributed by atoms with Crippen LogP contribution >= 0.6 is 11.6 Å². The van der Waals surface area contributed by atoms with Gasteiger partial charge in [0.25, 0.3) is 0 Å². The first kappa shape index (κ1) is 12.3. The van der Waals surface area contributed by atoms with E-state index in [0.717, 1.165) is 37.7 Å². The molecular formula is C14H20ClN3. The third kappa shape index (κ3) is 2.22. The van der Waals surface area contributed by atoms with E-state index >= 15 is 0 Å². The van der Waals surface area contributed by atoms with Gasteiger partial charge < -0.3 is 10.6 Å². The van der Waals surface area contributed by atoms with E-state index in [1.54, 1.807) is 0 Å². The van der Waals surface area contributed by atoms with E-state index in [9.17, 15) is 0 Å². The number of rotatable bonds is 3. The maximum absolute atomic E-state index is 6.04. The average molecular weight is 266 g/mol. The fraction of sp³-hybridized carbons (Fsp3) is 0.571. The van der Waals surface area contributed by atoms with Gasteiger partial charge in [-0.3, -0.25) is 4.90 Å². The first-order chi connectivity index (χ1) is 8.73. The maximum Gasteiger partial charge on any atom is 0.0426 e. The molecule has 1 aromatic rings. The van der Waals surface area contributed by atoms with Gasteiger partial charge in [0, 0.05) is 49.0 Å². The Kier molecular flexibility index (Phi) is 3.22. The number of hydrogen-bond acceptors (Lipinski definition) is 3. The zero-order chi connectivity index (χ0) is 12.6. The molecule has 2 N–H and O–H groups in total. The molecule has 2 fully saturated rings. The summed E-state index contributed by atoms with van der Waals surface area (Å²) in [5, 5.41) is 0.815. The van der Waals surface area contributed by atoms with Gasteiger partial charge in [-0.25, -0.2) is 0 Å². The molecule has 1 saturated heterocycles. The van der Waals surface area contributed by atoms with Crippen molar-refractivity contribution < 1.29 is 0 Å². The van der Waals surface area contributed by atoms with E-state index < -0.39 is 0 Å². The second kappa shape index (κ2) is 4.72. The second-order valence-electron chi connectivity index (χ2n) is 5.38. The van der Waals surface area contributed by atoms with Gasteiger partial charge in [0.2, 0.25) is 0 Å². The van der Waals surface area contributed by atoms with Crippen LogP contribution in [0.15, 0.2) is 24.3 Å². The van der Waals surface area contributed by atoms with Crippen LogP contribution in [0, 0.1) is 0 Å². The SMILES string of the molecule is NCC1(N2CCN(c3cccc(Cl)c3)CC2)CC1. The van der Waals surface area contributed by atoms with Gasteiger partial charge in [-0.2, -0.15) is 0 Å². The normalized spacial score (nSPS) is 23.1. The molecule has 3 rings (SSSR count). The number of nitrogens with two attached hydrogens (primary N) is 1. The molecule has 1 aliphatic heterocycles. The molecule has 0 amide bonds. The Hall–Kier alpha value is -0.770. The smallest absolute Gasteiger partial charge is 0.0426 e. The molecule has 4 heteroatoms. The summed E-state index contributed by atoms with van der Waals surface area (Å²) >= 11 is 6.04. The Bertz CT molecular complexity index is 423. The lowest BCUT2D eigenvalue weighted by Crippen LogP contribution is -2.53. The molecule has 0 unspecified atom stereocenters. The van der Waals surface area contributed by atoms with Gasteiger partial charge in [-0.1, -0.05) is 17.7 Å². The summed E-state index contributed by atoms with van der Waals surface area (Å²) in [7, 11) is 0. The average Bonchev–Trinajstić information content (AvgIpc) is 3.20. The van der Waals surface area contributed by atoms with Crippen LogP contribution in [0.3, 0.4) is 0 Å². The van der Waals surface area contributed by atoms with E-state index in [2.05, 4.69) is 15.9 Å². The Morgan fingerprint density at radius 2 is 1.89 bits per heavy atom. The number of anilines is 1. The lowest BCUT2D eigenvalue weighted by atomic mass is 10.1. The third-order valence-corrected chi connectivity index (χ3v) is 4.57. The van der Waals surface area contributed by atoms with Crippen LogP contribution in [0.25, 0.3) is 0 Å². The van der Waals surface area contributed by atoms with Crippen LogP contribution in [0.4, 0.5) is 5.69 Å². The molecule has 98 valence electrons. The number of halogens is 1. The zero-order valence-corrected chi connectivity index (χ0v) is 11.4. The molecule has 18 heavy (non-hydrogen) atoms. The van der Waals surface area contributed by atoms with Crippen molar-refractivity contribution in [3.05, 3.63) is 29.3 Å². The van der Waals surface area contributed by atoms with Crippen LogP contribution in [0.5, 0.6) is 0 Å². The van der Waals surface area contributed by atoms with E-state index in [1.807, 2.05) is 18.2 Å². The minimum absolute atomic E-state index is 0.348. The summed E-state index contributed by atoms with van der Waals surface area (Å²) in [6.45, 7) is 5.18. The van der Waals surface area contributed by atoms with E-state index in [1.165, 1.54) is 18.5 Å². The molecule has 1 aliphatic carbocycles. The fourth-order valence-electron chi connectivity index (χ4n) is 2.91. The number of piperazine rings is 1. The first-order valence-electron chi connectivity index (χ1n) is 6.69. The van der Waals surface area contributed by atoms with Crippen molar-refractivity contribution in [3.63, 3.8) is 0 Å². The highest BCUT2D eigenvalue weighted by molar-refractivity contribution is 6.30. The lowest BCUT2D eigenvalue weighted by Gasteiger charge is -2.40. The quantitative estimate of drug-likeness (QED) is 0.907. The van der Waals surface area contributed by atoms with Gasteiger partial charge >= 0.3 is 0 Å². The molecule has 3 nitrogen and oxygen atoms in total. The summed E-state index contributed by atoms with van der Waals surface area (Å²) in [4.78, 5) is 4.99. The van der Waals surface area contributed by atoms with Crippen molar-refractivity contribution in [2.75, 3.05) is 37.6 Å². The van der Waals surface area contributed by atoms with Gasteiger partial charge in [-0.05, 0) is 31.0 Å². The Morgan fingerprint density at radius 3 is 2.44 bits per heavy atom. The predicted octanol–water partition coefficient (Wildman–Crippen LogP) is 1.95. The maximum atomic E-state index is 6.04. The molecule has 0 aromatic heterocycles. The molecule has 2 aliphatic rings. The minimum atomic E-state index is 0.348. The fourth-order valence-corrected chi connectivity index (χ4v) is 3.09. The van der Waals surface area contributed by atoms with Crippen LogP contribution in [-0.2, 0) is 0 Å². The van der Waals surface area contributed by atoms with Crippen LogP contribution in [0.2, 0.25) is 5.02 Å². The van der Waals surface area contributed by atoms with E-state index in [4.69, 9.17) is 17.3 Å². The highest BCUT2D eigenvalue weighted by Gasteiger charge is 2.47. The highest BCUT2D eigenvalue weighted by Crippen LogP contribution is 2.41. The Morgan fingerprint density at radius 1 is 1.17 bits per heavy atom. The van der Waals surface area contributed by atoms with Crippen molar-refractivity contribution in [3.8, 4) is 0 Å². The predicted molar refractivity (Wildman–Crippen MR) is 76.3 cm³/mol. The topological polar surface area (TPSA) is 32.5 Å². The molecule has 0 bridgehead atoms. The third-order valence-electron chi connectivity index (χ3n) is 4.33. The van der Waals surface area contributed by atoms with Crippen LogP contribution < -0.4 is 10.6 Å². The van der Waals surface area contributed by atoms with Crippen molar-refractivity contribution >= 4 is 17.3 Å². The standard InChI is InChI=1S/C14H20ClN3/c15-12-2-1-3-13(10-12)17-6-8-18(9-7-17)14(11-16)4-5-14/h1-3,10H,4-9,11,16H2. The summed E-state index contributed by atoms with van der Waals surface area (Å²) in [6, 6.07) is 8.13. The summed E-state index contributed by atoms with van der Waals surface area (Å²) in [6.07, 6.45) is 2.56. The number of hydrogen-bond donors (Lipinski definition) is 1. The molecule has 1 aromatic carbocycles. The highest BCUT2D eigenvalue weighted by atomic mass is 35.5. The number of benzene rings is 1. The van der Waals surface area contributed by atoms with Gasteiger partial charge in [0.1, 0.15) is 0 Å². The molecular weight excluding hydrogens is 246 g/mol. The van der Waals surface area contributed by atoms with Crippen molar-refractivity contribution in [2.45, 2.75) is 18.4 Å². The van der Waals surface area contributed by atoms with Crippen LogP contribution in [-0.4, -0.2) is 43.2 Å². The zero-order valence-electron chi connectivity index (χ0n) is 10.6. The first-order valence-corrected chi connectivity index (χ1v) is 7.07. The van der Waals surface area contributed by atoms with Crippen molar-refractivity contribution in [2.24, 2.45) is 5.73 Å². The van der Waals surface area contributed by atoms with E-state index in [-0.39, 0.29) is 0 Å². The van der Waals surface area contributed by atoms with E-state index in [0.29, 0.717) is 5.54 Å². The summed E-state index contributed by atoms with van der Waals surface area (Å²) in [5.41, 5.74) is 7.48. The molecule has 1 heterocycles. The molecule has 1 saturated carbocycles. The molecule has 0 radical (unpaired) electrons. The summed E-state index contributed by atoms with van der Waals surface area (Å²) in [5.74, 6) is 0. The van der Waals surface area contributed by atoms with Crippen molar-refractivity contribution in [1.82, 2.24) is 4.90 Å².